The van der Waals surface area contributed by atoms with Gasteiger partial charge in [0.25, 0.3) is 0 Å². The Kier molecular flexibility index (Phi) is 19.4. The second-order valence-corrected chi connectivity index (χ2v) is 17.8. The topological polar surface area (TPSA) is 92.3 Å². The van der Waals surface area contributed by atoms with E-state index in [1.54, 1.807) is 7.11 Å². The number of alkyl halides is 1. The predicted molar refractivity (Wildman–Crippen MR) is 264 cm³/mol. The first-order chi connectivity index (χ1) is 33.1. The summed E-state index contributed by atoms with van der Waals surface area (Å²) in [6.07, 6.45) is -5.83. The molecule has 352 valence electrons. The van der Waals surface area contributed by atoms with Crippen molar-refractivity contribution in [2.45, 2.75) is 107 Å². The molecule has 0 unspecified atom stereocenters. The van der Waals surface area contributed by atoms with Crippen LogP contribution in [0.1, 0.15) is 39.8 Å². The van der Waals surface area contributed by atoms with Crippen LogP contribution in [-0.4, -0.2) is 79.6 Å². The molecule has 0 aliphatic carbocycles. The molecule has 6 aromatic rings. The first-order valence-electron chi connectivity index (χ1n) is 23.1. The molecule has 2 aliphatic rings. The summed E-state index contributed by atoms with van der Waals surface area (Å²) in [5, 5.41) is 0. The van der Waals surface area contributed by atoms with Gasteiger partial charge in [-0.05, 0) is 39.8 Å². The normalized spacial score (nSPS) is 25.2. The molecule has 10 atom stereocenters. The zero-order valence-corrected chi connectivity index (χ0v) is 40.1. The molecule has 0 bridgehead atoms. The highest BCUT2D eigenvalue weighted by Gasteiger charge is 2.52. The lowest BCUT2D eigenvalue weighted by Crippen LogP contribution is -2.63. The van der Waals surface area contributed by atoms with Crippen molar-refractivity contribution in [2.24, 2.45) is 0 Å². The molecule has 0 spiro atoms. The third-order valence-corrected chi connectivity index (χ3v) is 12.6. The largest absolute Gasteiger partial charge is 0.368 e. The summed E-state index contributed by atoms with van der Waals surface area (Å²) >= 11 is 2.40. The highest BCUT2D eigenvalue weighted by Crippen LogP contribution is 2.35. The van der Waals surface area contributed by atoms with Crippen molar-refractivity contribution in [3.63, 3.8) is 0 Å². The smallest absolute Gasteiger partial charge is 0.186 e. The van der Waals surface area contributed by atoms with E-state index in [0.29, 0.717) is 46.1 Å². The average Bonchev–Trinajstić information content (AvgIpc) is 3.39. The second kappa shape index (κ2) is 26.4. The van der Waals surface area contributed by atoms with Gasteiger partial charge in [-0.2, -0.15) is 0 Å². The first-order valence-corrected chi connectivity index (χ1v) is 24.6. The molecule has 2 fully saturated rings. The van der Waals surface area contributed by atoms with Crippen molar-refractivity contribution in [1.82, 2.24) is 0 Å². The van der Waals surface area contributed by atoms with E-state index >= 15 is 0 Å². The number of ether oxygens (including phenoxy) is 10. The first kappa shape index (κ1) is 49.1. The summed E-state index contributed by atoms with van der Waals surface area (Å²) in [5.41, 5.74) is 6.12. The minimum Gasteiger partial charge on any atom is -0.368 e. The molecule has 0 aromatic heterocycles. The van der Waals surface area contributed by atoms with Gasteiger partial charge in [0.1, 0.15) is 42.7 Å². The summed E-state index contributed by atoms with van der Waals surface area (Å²) in [7, 11) is 1.62. The van der Waals surface area contributed by atoms with Gasteiger partial charge in [0.05, 0.1) is 52.4 Å². The van der Waals surface area contributed by atoms with Crippen molar-refractivity contribution in [2.75, 3.05) is 18.1 Å². The molecular weight excluding hydrogens is 960 g/mol. The Labute approximate surface area is 408 Å². The molecule has 2 aliphatic heterocycles. The fraction of sp³-hybridized carbons (Fsp3) is 0.357. The molecule has 0 saturated carbocycles. The minimum absolute atomic E-state index is 0.0453. The zero-order valence-electron chi connectivity index (χ0n) is 37.9. The van der Waals surface area contributed by atoms with Crippen molar-refractivity contribution in [1.29, 1.82) is 0 Å². The third kappa shape index (κ3) is 14.3. The quantitative estimate of drug-likeness (QED) is 0.0431. The number of halogens is 1. The lowest BCUT2D eigenvalue weighted by molar-refractivity contribution is -0.349. The van der Waals surface area contributed by atoms with E-state index in [1.807, 2.05) is 158 Å². The van der Waals surface area contributed by atoms with Gasteiger partial charge in [-0.1, -0.05) is 205 Å². The molecule has 0 radical (unpaired) electrons. The van der Waals surface area contributed by atoms with Gasteiger partial charge in [-0.15, -0.1) is 0 Å². The molecule has 0 amide bonds. The van der Waals surface area contributed by atoms with E-state index in [9.17, 15) is 0 Å². The van der Waals surface area contributed by atoms with Crippen molar-refractivity contribution >= 4 is 22.6 Å². The van der Waals surface area contributed by atoms with Crippen LogP contribution in [0.25, 0.3) is 0 Å². The molecule has 6 aromatic carbocycles. The third-order valence-electron chi connectivity index (χ3n) is 11.9. The van der Waals surface area contributed by atoms with Crippen molar-refractivity contribution < 1.29 is 47.4 Å². The number of hydrogen-bond acceptors (Lipinski definition) is 10. The lowest BCUT2D eigenvalue weighted by Gasteiger charge is -2.48. The van der Waals surface area contributed by atoms with Crippen LogP contribution in [-0.2, 0) is 87.0 Å². The van der Waals surface area contributed by atoms with Crippen LogP contribution in [0.15, 0.2) is 182 Å². The molecule has 11 heteroatoms. The van der Waals surface area contributed by atoms with Crippen LogP contribution in [0, 0.1) is 0 Å². The van der Waals surface area contributed by atoms with Gasteiger partial charge < -0.3 is 47.4 Å². The molecule has 67 heavy (non-hydrogen) atoms. The Morgan fingerprint density at radius 2 is 0.627 bits per heavy atom. The number of methoxy groups -OCH3 is 1. The van der Waals surface area contributed by atoms with Crippen LogP contribution in [0.4, 0.5) is 0 Å². The van der Waals surface area contributed by atoms with Gasteiger partial charge in [-0.3, -0.25) is 0 Å². The highest BCUT2D eigenvalue weighted by atomic mass is 127. The van der Waals surface area contributed by atoms with Crippen molar-refractivity contribution in [3.8, 4) is 0 Å². The molecule has 10 nitrogen and oxygen atoms in total. The molecule has 2 saturated heterocycles. The zero-order chi connectivity index (χ0) is 45.9. The summed E-state index contributed by atoms with van der Waals surface area (Å²) in [5.74, 6) is 0. The fourth-order valence-corrected chi connectivity index (χ4v) is 9.09. The van der Waals surface area contributed by atoms with E-state index in [-0.39, 0.29) is 12.7 Å². The number of rotatable bonds is 24. The maximum atomic E-state index is 7.02. The molecule has 2 heterocycles. The fourth-order valence-electron chi connectivity index (χ4n) is 8.48. The van der Waals surface area contributed by atoms with Gasteiger partial charge in [0.2, 0.25) is 0 Å². The van der Waals surface area contributed by atoms with Crippen molar-refractivity contribution in [3.05, 3.63) is 215 Å². The second-order valence-electron chi connectivity index (χ2n) is 16.7. The molecule has 0 N–H and O–H groups in total. The van der Waals surface area contributed by atoms with E-state index in [0.717, 1.165) is 37.8 Å². The van der Waals surface area contributed by atoms with Crippen LogP contribution in [0.3, 0.4) is 0 Å². The maximum absolute atomic E-state index is 7.02. The van der Waals surface area contributed by atoms with Gasteiger partial charge >= 0.3 is 0 Å². The Bertz CT molecular complexity index is 2250. The van der Waals surface area contributed by atoms with Gasteiger partial charge in [-0.25, -0.2) is 0 Å². The van der Waals surface area contributed by atoms with Crippen LogP contribution in [0.5, 0.6) is 0 Å². The predicted octanol–water partition coefficient (Wildman–Crippen LogP) is 10.4. The van der Waals surface area contributed by atoms with E-state index in [2.05, 4.69) is 46.9 Å². The summed E-state index contributed by atoms with van der Waals surface area (Å²) in [6.45, 7) is 2.00. The van der Waals surface area contributed by atoms with E-state index in [4.69, 9.17) is 47.4 Å². The summed E-state index contributed by atoms with van der Waals surface area (Å²) in [6, 6.07) is 60.6. The number of hydrogen-bond donors (Lipinski definition) is 0. The van der Waals surface area contributed by atoms with Gasteiger partial charge in [0, 0.05) is 11.5 Å². The lowest BCUT2D eigenvalue weighted by atomic mass is 9.95. The Morgan fingerprint density at radius 3 is 0.955 bits per heavy atom. The van der Waals surface area contributed by atoms with Gasteiger partial charge in [0.15, 0.2) is 12.6 Å². The minimum atomic E-state index is -0.885. The SMILES string of the molecule is CO[C@H]1O[C@H](CO[C@H]2O[C@@H](CCI)[C@@H](OCc3ccccc3)[C@@H](OCc3ccccc3)[C@H]2OCc2ccccc2)[C@@H](OCc2ccccc2)[C@H](OCc2ccccc2)[C@H]1OCc1ccccc1. The Hall–Kier alpha value is -4.35. The molecule has 8 rings (SSSR count). The molecular formula is C56H61IO10. The summed E-state index contributed by atoms with van der Waals surface area (Å²) in [4.78, 5) is 0. The van der Waals surface area contributed by atoms with E-state index < -0.39 is 55.3 Å². The van der Waals surface area contributed by atoms with Crippen LogP contribution < -0.4 is 0 Å². The average molecular weight is 1020 g/mol. The van der Waals surface area contributed by atoms with E-state index in [1.165, 1.54) is 0 Å². The van der Waals surface area contributed by atoms with Crippen LogP contribution in [0.2, 0.25) is 0 Å². The Morgan fingerprint density at radius 1 is 0.343 bits per heavy atom. The van der Waals surface area contributed by atoms with Crippen LogP contribution >= 0.6 is 22.6 Å². The standard InChI is InChI=1S/C56H61IO10/c1-58-55-53(63-38-45-28-16-6-17-29-45)52(62-37-44-26-14-5-15-27-44)50(60-35-42-22-10-3-11-23-42)48(67-55)40-65-56-54(64-39-46-30-18-7-19-31-46)51(61-36-43-24-12-4-13-25-43)49(47(66-56)32-33-57)59-34-41-20-8-2-9-21-41/h2-31,47-56H,32-40H2,1H3/t47-,48+,49+,50+,51+,52-,53+,54+,55-,56-/m0/s1. The summed E-state index contributed by atoms with van der Waals surface area (Å²) < 4.78 is 69.0. The Balaban J connectivity index is 1.11. The monoisotopic (exact) mass is 1020 g/mol. The highest BCUT2D eigenvalue weighted by molar-refractivity contribution is 14.1. The number of benzene rings is 6. The maximum Gasteiger partial charge on any atom is 0.186 e.